The average Bonchev–Trinajstić information content (AvgIpc) is 2.92. The van der Waals surface area contributed by atoms with Crippen molar-refractivity contribution in [1.29, 1.82) is 0 Å². The molecule has 0 atom stereocenters. The second-order valence-electron chi connectivity index (χ2n) is 4.84. The molecular formula is C16H19F2N3S. The molecule has 0 unspecified atom stereocenters. The van der Waals surface area contributed by atoms with Gasteiger partial charge >= 0.3 is 0 Å². The molecule has 6 heteroatoms. The number of benzene rings is 1. The van der Waals surface area contributed by atoms with Crippen LogP contribution in [-0.4, -0.2) is 19.6 Å². The van der Waals surface area contributed by atoms with Gasteiger partial charge < -0.3 is 10.6 Å². The molecule has 2 N–H and O–H groups in total. The lowest BCUT2D eigenvalue weighted by Gasteiger charge is -2.12. The van der Waals surface area contributed by atoms with Crippen molar-refractivity contribution in [2.24, 2.45) is 4.99 Å². The van der Waals surface area contributed by atoms with Gasteiger partial charge in [0.25, 0.3) is 0 Å². The van der Waals surface area contributed by atoms with Gasteiger partial charge in [-0.15, -0.1) is 11.3 Å². The smallest absolute Gasteiger partial charge is 0.191 e. The molecule has 0 aliphatic carbocycles. The third-order valence-electron chi connectivity index (χ3n) is 3.33. The van der Waals surface area contributed by atoms with Crippen LogP contribution in [-0.2, 0) is 13.0 Å². The standard InChI is InChI=1S/C16H19F2N3S/c1-11-7-9-22-14(11)10-21-16(19-2)20-8-6-12-4-3-5-13(17)15(12)18/h3-5,7,9H,6,8,10H2,1-2H3,(H2,19,20,21). The first kappa shape index (κ1) is 16.4. The minimum atomic E-state index is -0.812. The Morgan fingerprint density at radius 1 is 1.23 bits per heavy atom. The number of hydrogen-bond acceptors (Lipinski definition) is 2. The van der Waals surface area contributed by atoms with E-state index in [0.29, 0.717) is 31.0 Å². The SMILES string of the molecule is CN=C(NCCc1cccc(F)c1F)NCc1sccc1C. The van der Waals surface area contributed by atoms with Crippen molar-refractivity contribution >= 4 is 17.3 Å². The van der Waals surface area contributed by atoms with Gasteiger partial charge in [-0.2, -0.15) is 0 Å². The summed E-state index contributed by atoms with van der Waals surface area (Å²) in [5.74, 6) is -0.945. The summed E-state index contributed by atoms with van der Waals surface area (Å²) in [4.78, 5) is 5.37. The Morgan fingerprint density at radius 2 is 2.05 bits per heavy atom. The van der Waals surface area contributed by atoms with E-state index in [4.69, 9.17) is 0 Å². The minimum absolute atomic E-state index is 0.358. The first-order valence-corrected chi connectivity index (χ1v) is 7.90. The van der Waals surface area contributed by atoms with Crippen molar-refractivity contribution < 1.29 is 8.78 Å². The maximum absolute atomic E-state index is 13.5. The van der Waals surface area contributed by atoms with Crippen molar-refractivity contribution in [1.82, 2.24) is 10.6 Å². The Kier molecular flexibility index (Phi) is 5.89. The van der Waals surface area contributed by atoms with Gasteiger partial charge in [0.15, 0.2) is 17.6 Å². The molecule has 0 bridgehead atoms. The maximum atomic E-state index is 13.5. The van der Waals surface area contributed by atoms with E-state index in [1.165, 1.54) is 16.5 Å². The number of halogens is 2. The van der Waals surface area contributed by atoms with Gasteiger partial charge in [0, 0.05) is 18.5 Å². The second-order valence-corrected chi connectivity index (χ2v) is 5.84. The molecule has 3 nitrogen and oxygen atoms in total. The summed E-state index contributed by atoms with van der Waals surface area (Å²) in [5.41, 5.74) is 1.60. The Balaban J connectivity index is 1.82. The molecule has 22 heavy (non-hydrogen) atoms. The number of nitrogens with zero attached hydrogens (tertiary/aromatic N) is 1. The highest BCUT2D eigenvalue weighted by atomic mass is 32.1. The van der Waals surface area contributed by atoms with Crippen molar-refractivity contribution in [2.75, 3.05) is 13.6 Å². The number of hydrogen-bond donors (Lipinski definition) is 2. The van der Waals surface area contributed by atoms with Gasteiger partial charge in [-0.05, 0) is 42.0 Å². The number of guanidine groups is 1. The van der Waals surface area contributed by atoms with Gasteiger partial charge in [-0.1, -0.05) is 12.1 Å². The summed E-state index contributed by atoms with van der Waals surface area (Å²) < 4.78 is 26.7. The van der Waals surface area contributed by atoms with Crippen molar-refractivity contribution in [3.8, 4) is 0 Å². The summed E-state index contributed by atoms with van der Waals surface area (Å²) in [6.45, 7) is 3.23. The molecule has 0 radical (unpaired) electrons. The molecule has 0 saturated carbocycles. The lowest BCUT2D eigenvalue weighted by atomic mass is 10.1. The van der Waals surface area contributed by atoms with Crippen molar-refractivity contribution in [3.63, 3.8) is 0 Å². The van der Waals surface area contributed by atoms with Crippen LogP contribution in [0.1, 0.15) is 16.0 Å². The predicted molar refractivity (Wildman–Crippen MR) is 87.3 cm³/mol. The van der Waals surface area contributed by atoms with Crippen molar-refractivity contribution in [2.45, 2.75) is 19.9 Å². The third kappa shape index (κ3) is 4.27. The third-order valence-corrected chi connectivity index (χ3v) is 4.35. The summed E-state index contributed by atoms with van der Waals surface area (Å²) in [7, 11) is 1.68. The van der Waals surface area contributed by atoms with Crippen LogP contribution in [0.3, 0.4) is 0 Å². The number of aryl methyl sites for hydroxylation is 1. The fourth-order valence-electron chi connectivity index (χ4n) is 2.03. The zero-order chi connectivity index (χ0) is 15.9. The Bertz CT molecular complexity index is 653. The molecule has 1 heterocycles. The quantitative estimate of drug-likeness (QED) is 0.655. The van der Waals surface area contributed by atoms with E-state index in [2.05, 4.69) is 34.0 Å². The highest BCUT2D eigenvalue weighted by Crippen LogP contribution is 2.14. The first-order chi connectivity index (χ1) is 10.6. The fraction of sp³-hybridized carbons (Fsp3) is 0.312. The number of aliphatic imine (C=N–C) groups is 1. The highest BCUT2D eigenvalue weighted by molar-refractivity contribution is 7.10. The zero-order valence-corrected chi connectivity index (χ0v) is 13.4. The predicted octanol–water partition coefficient (Wildman–Crippen LogP) is 3.24. The van der Waals surface area contributed by atoms with Gasteiger partial charge in [0.05, 0.1) is 6.54 Å². The molecule has 2 rings (SSSR count). The normalized spacial score (nSPS) is 11.5. The topological polar surface area (TPSA) is 36.4 Å². The molecule has 0 spiro atoms. The van der Waals surface area contributed by atoms with Crippen LogP contribution >= 0.6 is 11.3 Å². The van der Waals surface area contributed by atoms with E-state index in [-0.39, 0.29) is 0 Å². The van der Waals surface area contributed by atoms with Gasteiger partial charge in [0.2, 0.25) is 0 Å². The molecule has 0 saturated heterocycles. The molecule has 1 aromatic carbocycles. The van der Waals surface area contributed by atoms with Crippen LogP contribution in [0.2, 0.25) is 0 Å². The zero-order valence-electron chi connectivity index (χ0n) is 12.6. The second kappa shape index (κ2) is 7.89. The lowest BCUT2D eigenvalue weighted by Crippen LogP contribution is -2.37. The summed E-state index contributed by atoms with van der Waals surface area (Å²) in [6, 6.07) is 6.30. The van der Waals surface area contributed by atoms with E-state index in [9.17, 15) is 8.78 Å². The highest BCUT2D eigenvalue weighted by Gasteiger charge is 2.07. The van der Waals surface area contributed by atoms with Gasteiger partial charge in [-0.25, -0.2) is 8.78 Å². The van der Waals surface area contributed by atoms with E-state index in [1.807, 2.05) is 0 Å². The molecule has 0 aliphatic heterocycles. The van der Waals surface area contributed by atoms with Gasteiger partial charge in [-0.3, -0.25) is 4.99 Å². The first-order valence-electron chi connectivity index (χ1n) is 7.02. The molecule has 118 valence electrons. The van der Waals surface area contributed by atoms with E-state index in [0.717, 1.165) is 6.07 Å². The molecule has 0 fully saturated rings. The molecular weight excluding hydrogens is 304 g/mol. The molecule has 1 aromatic heterocycles. The Hall–Kier alpha value is -1.95. The maximum Gasteiger partial charge on any atom is 0.191 e. The van der Waals surface area contributed by atoms with Crippen LogP contribution in [0.4, 0.5) is 8.78 Å². The largest absolute Gasteiger partial charge is 0.356 e. The van der Waals surface area contributed by atoms with Crippen LogP contribution in [0.15, 0.2) is 34.6 Å². The number of nitrogens with one attached hydrogen (secondary N) is 2. The average molecular weight is 323 g/mol. The summed E-state index contributed by atoms with van der Waals surface area (Å²) in [5, 5.41) is 8.36. The monoisotopic (exact) mass is 323 g/mol. The van der Waals surface area contributed by atoms with Crippen LogP contribution in [0, 0.1) is 18.6 Å². The van der Waals surface area contributed by atoms with E-state index >= 15 is 0 Å². The fourth-order valence-corrected chi connectivity index (χ4v) is 2.87. The summed E-state index contributed by atoms with van der Waals surface area (Å²) >= 11 is 1.69. The summed E-state index contributed by atoms with van der Waals surface area (Å²) in [6.07, 6.45) is 0.391. The van der Waals surface area contributed by atoms with E-state index < -0.39 is 11.6 Å². The molecule has 0 amide bonds. The number of rotatable bonds is 5. The van der Waals surface area contributed by atoms with Crippen LogP contribution < -0.4 is 10.6 Å². The molecule has 2 aromatic rings. The lowest BCUT2D eigenvalue weighted by molar-refractivity contribution is 0.498. The van der Waals surface area contributed by atoms with E-state index in [1.54, 1.807) is 24.5 Å². The van der Waals surface area contributed by atoms with Crippen LogP contribution in [0.5, 0.6) is 0 Å². The molecule has 0 aliphatic rings. The van der Waals surface area contributed by atoms with Crippen molar-refractivity contribution in [3.05, 3.63) is 57.3 Å². The van der Waals surface area contributed by atoms with Crippen LogP contribution in [0.25, 0.3) is 0 Å². The van der Waals surface area contributed by atoms with Gasteiger partial charge in [0.1, 0.15) is 0 Å². The minimum Gasteiger partial charge on any atom is -0.356 e. The Labute approximate surface area is 133 Å². The Morgan fingerprint density at radius 3 is 2.73 bits per heavy atom. The number of thiophene rings is 1.